The average Bonchev–Trinajstić information content (AvgIpc) is 3.29. The van der Waals surface area contributed by atoms with Crippen molar-refractivity contribution >= 4 is 34.0 Å². The Morgan fingerprint density at radius 3 is 2.55 bits per heavy atom. The van der Waals surface area contributed by atoms with Crippen LogP contribution in [0.1, 0.15) is 23.7 Å². The zero-order valence-corrected chi connectivity index (χ0v) is 18.8. The number of hydrogen-bond donors (Lipinski definition) is 2. The summed E-state index contributed by atoms with van der Waals surface area (Å²) in [7, 11) is 1.90. The Kier molecular flexibility index (Phi) is 6.36. The van der Waals surface area contributed by atoms with Crippen molar-refractivity contribution in [1.82, 2.24) is 4.98 Å². The molecule has 0 fully saturated rings. The van der Waals surface area contributed by atoms with Crippen LogP contribution in [0, 0.1) is 5.82 Å². The summed E-state index contributed by atoms with van der Waals surface area (Å²) in [6.07, 6.45) is 5.34. The van der Waals surface area contributed by atoms with E-state index >= 15 is 0 Å². The molecule has 0 bridgehead atoms. The summed E-state index contributed by atoms with van der Waals surface area (Å²) in [6.45, 7) is 10.1. The van der Waals surface area contributed by atoms with E-state index in [9.17, 15) is 4.39 Å². The smallest absolute Gasteiger partial charge is 0.123 e. The van der Waals surface area contributed by atoms with Crippen molar-refractivity contribution in [3.05, 3.63) is 115 Å². The molecule has 0 saturated heterocycles. The van der Waals surface area contributed by atoms with Gasteiger partial charge in [-0.1, -0.05) is 49.6 Å². The van der Waals surface area contributed by atoms with Gasteiger partial charge in [-0.05, 0) is 65.6 Å². The minimum Gasteiger partial charge on any atom is -0.388 e. The van der Waals surface area contributed by atoms with Crippen molar-refractivity contribution in [2.24, 2.45) is 4.99 Å². The molecule has 164 valence electrons. The SMILES string of the molecule is C=CN=C/C(=C\C)c1ccc(NC)c(C(=C)c2cc3c(-c4ccc(F)cc4)cccc3[nH]2)c1. The molecule has 4 aromatic rings. The lowest BCUT2D eigenvalue weighted by Crippen LogP contribution is -1.98. The summed E-state index contributed by atoms with van der Waals surface area (Å²) >= 11 is 0. The lowest BCUT2D eigenvalue weighted by Gasteiger charge is -2.13. The highest BCUT2D eigenvalue weighted by atomic mass is 19.1. The van der Waals surface area contributed by atoms with Gasteiger partial charge < -0.3 is 10.3 Å². The van der Waals surface area contributed by atoms with E-state index in [2.05, 4.69) is 46.7 Å². The van der Waals surface area contributed by atoms with Crippen molar-refractivity contribution in [3.63, 3.8) is 0 Å². The second-order valence-electron chi connectivity index (χ2n) is 7.65. The first-order chi connectivity index (χ1) is 16.0. The van der Waals surface area contributed by atoms with E-state index < -0.39 is 0 Å². The molecule has 0 aliphatic carbocycles. The largest absolute Gasteiger partial charge is 0.388 e. The van der Waals surface area contributed by atoms with Crippen LogP contribution >= 0.6 is 0 Å². The number of aliphatic imine (C=N–C) groups is 1. The number of rotatable bonds is 7. The van der Waals surface area contributed by atoms with Crippen LogP contribution in [0.2, 0.25) is 0 Å². The monoisotopic (exact) mass is 435 g/mol. The third-order valence-corrected chi connectivity index (χ3v) is 5.72. The molecule has 0 unspecified atom stereocenters. The molecule has 3 nitrogen and oxygen atoms in total. The van der Waals surface area contributed by atoms with Gasteiger partial charge in [-0.25, -0.2) is 4.39 Å². The number of H-pyrrole nitrogens is 1. The minimum atomic E-state index is -0.243. The Labute approximate surface area is 193 Å². The number of nitrogens with one attached hydrogen (secondary N) is 2. The Morgan fingerprint density at radius 1 is 1.06 bits per heavy atom. The maximum Gasteiger partial charge on any atom is 0.123 e. The van der Waals surface area contributed by atoms with Crippen molar-refractivity contribution in [2.75, 3.05) is 12.4 Å². The van der Waals surface area contributed by atoms with Gasteiger partial charge in [0.2, 0.25) is 0 Å². The standard InChI is InChI=1S/C29H26FN3/c1-5-20(18-32-6-2)22-12-15-27(31-4)25(16-22)19(3)29-17-26-24(8-7-9-28(26)33-29)21-10-13-23(30)14-11-21/h5-18,31,33H,2-3H2,1,4H3/b20-5+,32-18?. The van der Waals surface area contributed by atoms with Gasteiger partial charge in [0, 0.05) is 52.9 Å². The first kappa shape index (κ1) is 22.0. The number of allylic oxidation sites excluding steroid dienone is 2. The van der Waals surface area contributed by atoms with Crippen LogP contribution < -0.4 is 5.32 Å². The highest BCUT2D eigenvalue weighted by molar-refractivity contribution is 6.10. The van der Waals surface area contributed by atoms with Crippen molar-refractivity contribution in [1.29, 1.82) is 0 Å². The zero-order chi connectivity index (χ0) is 23.4. The molecule has 4 rings (SSSR count). The maximum absolute atomic E-state index is 13.4. The van der Waals surface area contributed by atoms with Crippen LogP contribution in [0.15, 0.2) is 97.2 Å². The van der Waals surface area contributed by atoms with E-state index in [0.29, 0.717) is 0 Å². The van der Waals surface area contributed by atoms with Gasteiger partial charge >= 0.3 is 0 Å². The quantitative estimate of drug-likeness (QED) is 0.287. The fourth-order valence-electron chi connectivity index (χ4n) is 3.98. The first-order valence-electron chi connectivity index (χ1n) is 10.8. The van der Waals surface area contributed by atoms with Crippen LogP contribution in [0.3, 0.4) is 0 Å². The molecule has 3 aromatic carbocycles. The van der Waals surface area contributed by atoms with E-state index in [1.807, 2.05) is 44.3 Å². The molecule has 0 spiro atoms. The molecular formula is C29H26FN3. The molecule has 4 heteroatoms. The Morgan fingerprint density at radius 2 is 1.85 bits per heavy atom. The van der Waals surface area contributed by atoms with Crippen LogP contribution in [-0.2, 0) is 0 Å². The Hall–Kier alpha value is -4.18. The number of benzene rings is 3. The van der Waals surface area contributed by atoms with Gasteiger partial charge in [0.05, 0.1) is 0 Å². The predicted octanol–water partition coefficient (Wildman–Crippen LogP) is 7.69. The molecular weight excluding hydrogens is 409 g/mol. The van der Waals surface area contributed by atoms with Crippen molar-refractivity contribution in [3.8, 4) is 11.1 Å². The molecule has 33 heavy (non-hydrogen) atoms. The van der Waals surface area contributed by atoms with Crippen LogP contribution in [0.4, 0.5) is 10.1 Å². The summed E-state index contributed by atoms with van der Waals surface area (Å²) in [5.41, 5.74) is 8.84. The molecule has 1 heterocycles. The number of anilines is 1. The second kappa shape index (κ2) is 9.53. The zero-order valence-electron chi connectivity index (χ0n) is 18.8. The normalized spacial score (nSPS) is 11.8. The summed E-state index contributed by atoms with van der Waals surface area (Å²) in [5, 5.41) is 4.33. The number of fused-ring (bicyclic) bond motifs is 1. The van der Waals surface area contributed by atoms with Gasteiger partial charge in [-0.3, -0.25) is 4.99 Å². The molecule has 1 aromatic heterocycles. The fourth-order valence-corrected chi connectivity index (χ4v) is 3.98. The fraction of sp³-hybridized carbons (Fsp3) is 0.0690. The lowest BCUT2D eigenvalue weighted by molar-refractivity contribution is 0.628. The van der Waals surface area contributed by atoms with E-state index in [0.717, 1.165) is 55.7 Å². The molecule has 0 atom stereocenters. The number of hydrogen-bond acceptors (Lipinski definition) is 2. The molecule has 0 radical (unpaired) electrons. The van der Waals surface area contributed by atoms with E-state index in [1.165, 1.54) is 18.3 Å². The van der Waals surface area contributed by atoms with Gasteiger partial charge in [0.15, 0.2) is 0 Å². The highest BCUT2D eigenvalue weighted by Gasteiger charge is 2.14. The van der Waals surface area contributed by atoms with Gasteiger partial charge in [-0.2, -0.15) is 0 Å². The Balaban J connectivity index is 1.79. The van der Waals surface area contributed by atoms with Crippen molar-refractivity contribution < 1.29 is 4.39 Å². The Bertz CT molecular complexity index is 1390. The highest BCUT2D eigenvalue weighted by Crippen LogP contribution is 2.35. The average molecular weight is 436 g/mol. The number of nitrogens with zero attached hydrogens (tertiary/aromatic N) is 1. The lowest BCUT2D eigenvalue weighted by atomic mass is 9.96. The number of aromatic amines is 1. The predicted molar refractivity (Wildman–Crippen MR) is 140 cm³/mol. The molecule has 2 N–H and O–H groups in total. The second-order valence-corrected chi connectivity index (χ2v) is 7.65. The van der Waals surface area contributed by atoms with Crippen LogP contribution in [0.5, 0.6) is 0 Å². The summed E-state index contributed by atoms with van der Waals surface area (Å²) in [6, 6.07) is 21.0. The van der Waals surface area contributed by atoms with E-state index in [4.69, 9.17) is 0 Å². The number of halogens is 1. The van der Waals surface area contributed by atoms with Gasteiger partial charge in [0.1, 0.15) is 5.82 Å². The minimum absolute atomic E-state index is 0.243. The molecule has 0 aliphatic rings. The van der Waals surface area contributed by atoms with E-state index in [-0.39, 0.29) is 5.82 Å². The first-order valence-corrected chi connectivity index (χ1v) is 10.8. The summed E-state index contributed by atoms with van der Waals surface area (Å²) in [5.74, 6) is -0.243. The van der Waals surface area contributed by atoms with Crippen LogP contribution in [0.25, 0.3) is 33.2 Å². The van der Waals surface area contributed by atoms with Gasteiger partial charge in [-0.15, -0.1) is 0 Å². The molecule has 0 aliphatic heterocycles. The molecule has 0 amide bonds. The maximum atomic E-state index is 13.4. The number of aromatic nitrogens is 1. The summed E-state index contributed by atoms with van der Waals surface area (Å²) < 4.78 is 13.4. The molecule has 0 saturated carbocycles. The van der Waals surface area contributed by atoms with Gasteiger partial charge in [0.25, 0.3) is 0 Å². The van der Waals surface area contributed by atoms with Crippen LogP contribution in [-0.4, -0.2) is 18.2 Å². The third-order valence-electron chi connectivity index (χ3n) is 5.72. The summed E-state index contributed by atoms with van der Waals surface area (Å²) in [4.78, 5) is 7.68. The topological polar surface area (TPSA) is 40.2 Å². The third kappa shape index (κ3) is 4.41. The van der Waals surface area contributed by atoms with E-state index in [1.54, 1.807) is 18.3 Å². The van der Waals surface area contributed by atoms with Crippen molar-refractivity contribution in [2.45, 2.75) is 6.92 Å².